The lowest BCUT2D eigenvalue weighted by atomic mass is 10.0. The number of halogens is 1. The molecule has 4 heteroatoms. The SMILES string of the molecule is CC(=O)O.Cc1cc(CC2CCCCO2)ccc1Cl. The fourth-order valence-corrected chi connectivity index (χ4v) is 2.18. The van der Waals surface area contributed by atoms with Gasteiger partial charge in [0.25, 0.3) is 5.97 Å². The molecule has 0 bridgehead atoms. The molecule has 0 saturated carbocycles. The molecule has 3 nitrogen and oxygen atoms in total. The molecule has 1 aliphatic heterocycles. The Morgan fingerprint density at radius 1 is 1.47 bits per heavy atom. The first-order valence-electron chi connectivity index (χ1n) is 6.55. The highest BCUT2D eigenvalue weighted by Crippen LogP contribution is 2.21. The maximum absolute atomic E-state index is 9.00. The van der Waals surface area contributed by atoms with Crippen molar-refractivity contribution in [3.63, 3.8) is 0 Å². The maximum atomic E-state index is 9.00. The largest absolute Gasteiger partial charge is 0.481 e. The Kier molecular flexibility index (Phi) is 6.89. The van der Waals surface area contributed by atoms with Crippen molar-refractivity contribution in [1.29, 1.82) is 0 Å². The van der Waals surface area contributed by atoms with Gasteiger partial charge in [-0.3, -0.25) is 4.79 Å². The zero-order valence-corrected chi connectivity index (χ0v) is 12.2. The third-order valence-corrected chi connectivity index (χ3v) is 3.38. The lowest BCUT2D eigenvalue weighted by Gasteiger charge is -2.22. The van der Waals surface area contributed by atoms with Crippen LogP contribution in [-0.4, -0.2) is 23.8 Å². The number of rotatable bonds is 2. The Labute approximate surface area is 119 Å². The fraction of sp³-hybridized carbons (Fsp3) is 0.533. The Morgan fingerprint density at radius 3 is 2.68 bits per heavy atom. The third-order valence-electron chi connectivity index (χ3n) is 2.96. The molecule has 1 aromatic carbocycles. The van der Waals surface area contributed by atoms with Gasteiger partial charge in [0, 0.05) is 18.6 Å². The van der Waals surface area contributed by atoms with E-state index in [9.17, 15) is 0 Å². The lowest BCUT2D eigenvalue weighted by molar-refractivity contribution is -0.134. The molecule has 1 aliphatic rings. The number of aliphatic carboxylic acids is 1. The molecule has 0 amide bonds. The van der Waals surface area contributed by atoms with E-state index in [2.05, 4.69) is 12.1 Å². The van der Waals surface area contributed by atoms with E-state index in [1.54, 1.807) is 0 Å². The summed E-state index contributed by atoms with van der Waals surface area (Å²) < 4.78 is 5.72. The molecule has 1 atom stereocenters. The van der Waals surface area contributed by atoms with Crippen LogP contribution in [0.1, 0.15) is 37.3 Å². The number of carbonyl (C=O) groups is 1. The van der Waals surface area contributed by atoms with Gasteiger partial charge in [-0.05, 0) is 49.8 Å². The van der Waals surface area contributed by atoms with E-state index >= 15 is 0 Å². The average molecular weight is 285 g/mol. The molecule has 0 radical (unpaired) electrons. The third kappa shape index (κ3) is 6.60. The van der Waals surface area contributed by atoms with Gasteiger partial charge in [0.1, 0.15) is 0 Å². The van der Waals surface area contributed by atoms with E-state index in [4.69, 9.17) is 26.2 Å². The minimum atomic E-state index is -0.833. The van der Waals surface area contributed by atoms with Crippen LogP contribution < -0.4 is 0 Å². The highest BCUT2D eigenvalue weighted by molar-refractivity contribution is 6.31. The van der Waals surface area contributed by atoms with Crippen molar-refractivity contribution < 1.29 is 14.6 Å². The predicted octanol–water partition coefficient (Wildman–Crippen LogP) is 3.85. The van der Waals surface area contributed by atoms with Crippen molar-refractivity contribution in [3.05, 3.63) is 34.3 Å². The molecule has 0 aromatic heterocycles. The number of benzene rings is 1. The van der Waals surface area contributed by atoms with Crippen LogP contribution in [0.25, 0.3) is 0 Å². The van der Waals surface area contributed by atoms with Crippen molar-refractivity contribution in [3.8, 4) is 0 Å². The van der Waals surface area contributed by atoms with Crippen LogP contribution >= 0.6 is 11.6 Å². The van der Waals surface area contributed by atoms with E-state index in [0.29, 0.717) is 6.10 Å². The van der Waals surface area contributed by atoms with Crippen molar-refractivity contribution in [2.24, 2.45) is 0 Å². The molecule has 0 aliphatic carbocycles. The smallest absolute Gasteiger partial charge is 0.300 e. The van der Waals surface area contributed by atoms with Gasteiger partial charge in [0.05, 0.1) is 6.10 Å². The quantitative estimate of drug-likeness (QED) is 0.897. The second-order valence-corrected chi connectivity index (χ2v) is 5.20. The Bertz CT molecular complexity index is 408. The first-order valence-corrected chi connectivity index (χ1v) is 6.93. The van der Waals surface area contributed by atoms with Crippen LogP contribution in [-0.2, 0) is 16.0 Å². The van der Waals surface area contributed by atoms with Gasteiger partial charge < -0.3 is 9.84 Å². The average Bonchev–Trinajstić information content (AvgIpc) is 2.34. The number of ether oxygens (including phenoxy) is 1. The van der Waals surface area contributed by atoms with Crippen LogP contribution in [0.3, 0.4) is 0 Å². The van der Waals surface area contributed by atoms with Gasteiger partial charge in [-0.25, -0.2) is 0 Å². The summed E-state index contributed by atoms with van der Waals surface area (Å²) in [4.78, 5) is 9.00. The molecule has 19 heavy (non-hydrogen) atoms. The molecule has 0 spiro atoms. The summed E-state index contributed by atoms with van der Waals surface area (Å²) in [5.74, 6) is -0.833. The standard InChI is InChI=1S/C13H17ClO.C2H4O2/c1-10-8-11(5-6-13(10)14)9-12-4-2-3-7-15-12;1-2(3)4/h5-6,8,12H,2-4,7,9H2,1H3;1H3,(H,3,4). The van der Waals surface area contributed by atoms with Gasteiger partial charge in [0.2, 0.25) is 0 Å². The van der Waals surface area contributed by atoms with E-state index in [1.165, 1.54) is 24.8 Å². The van der Waals surface area contributed by atoms with E-state index in [-0.39, 0.29) is 0 Å². The molecular weight excluding hydrogens is 264 g/mol. The van der Waals surface area contributed by atoms with Crippen LogP contribution in [0.15, 0.2) is 18.2 Å². The summed E-state index contributed by atoms with van der Waals surface area (Å²) in [6, 6.07) is 6.25. The Balaban J connectivity index is 0.000000399. The Hall–Kier alpha value is -1.06. The van der Waals surface area contributed by atoms with Crippen LogP contribution in [0.5, 0.6) is 0 Å². The monoisotopic (exact) mass is 284 g/mol. The summed E-state index contributed by atoms with van der Waals surface area (Å²) in [5.41, 5.74) is 2.49. The summed E-state index contributed by atoms with van der Waals surface area (Å²) in [7, 11) is 0. The number of hydrogen-bond acceptors (Lipinski definition) is 2. The van der Waals surface area contributed by atoms with Gasteiger partial charge in [-0.2, -0.15) is 0 Å². The number of aryl methyl sites for hydroxylation is 1. The molecule has 1 saturated heterocycles. The predicted molar refractivity (Wildman–Crippen MR) is 76.8 cm³/mol. The van der Waals surface area contributed by atoms with Crippen LogP contribution in [0, 0.1) is 6.92 Å². The Morgan fingerprint density at radius 2 is 2.16 bits per heavy atom. The summed E-state index contributed by atoms with van der Waals surface area (Å²) in [6.07, 6.45) is 5.16. The second kappa shape index (κ2) is 8.18. The number of carboxylic acids is 1. The molecule has 1 heterocycles. The van der Waals surface area contributed by atoms with Gasteiger partial charge in [-0.15, -0.1) is 0 Å². The fourth-order valence-electron chi connectivity index (χ4n) is 2.07. The maximum Gasteiger partial charge on any atom is 0.300 e. The molecular formula is C15H21ClO3. The zero-order chi connectivity index (χ0) is 14.3. The highest BCUT2D eigenvalue weighted by Gasteiger charge is 2.14. The van der Waals surface area contributed by atoms with E-state index < -0.39 is 5.97 Å². The van der Waals surface area contributed by atoms with Gasteiger partial charge in [0.15, 0.2) is 0 Å². The van der Waals surface area contributed by atoms with E-state index in [0.717, 1.165) is 30.5 Å². The topological polar surface area (TPSA) is 46.5 Å². The summed E-state index contributed by atoms with van der Waals surface area (Å²) in [6.45, 7) is 4.06. The lowest BCUT2D eigenvalue weighted by Crippen LogP contribution is -2.21. The molecule has 2 rings (SSSR count). The summed E-state index contributed by atoms with van der Waals surface area (Å²) >= 11 is 5.99. The second-order valence-electron chi connectivity index (χ2n) is 4.80. The van der Waals surface area contributed by atoms with Gasteiger partial charge >= 0.3 is 0 Å². The highest BCUT2D eigenvalue weighted by atomic mass is 35.5. The molecule has 1 N–H and O–H groups in total. The molecule has 1 fully saturated rings. The van der Waals surface area contributed by atoms with Crippen LogP contribution in [0.2, 0.25) is 5.02 Å². The molecule has 106 valence electrons. The first-order chi connectivity index (χ1) is 8.99. The van der Waals surface area contributed by atoms with E-state index in [1.807, 2.05) is 13.0 Å². The number of hydrogen-bond donors (Lipinski definition) is 1. The molecule has 1 unspecified atom stereocenters. The summed E-state index contributed by atoms with van der Waals surface area (Å²) in [5, 5.41) is 8.27. The minimum Gasteiger partial charge on any atom is -0.481 e. The normalized spacial score (nSPS) is 18.4. The van der Waals surface area contributed by atoms with Crippen molar-refractivity contribution in [1.82, 2.24) is 0 Å². The zero-order valence-electron chi connectivity index (χ0n) is 11.5. The minimum absolute atomic E-state index is 0.416. The van der Waals surface area contributed by atoms with Crippen molar-refractivity contribution >= 4 is 17.6 Å². The number of carboxylic acid groups (broad SMARTS) is 1. The van der Waals surface area contributed by atoms with Gasteiger partial charge in [-0.1, -0.05) is 23.7 Å². The van der Waals surface area contributed by atoms with Crippen molar-refractivity contribution in [2.45, 2.75) is 45.6 Å². The molecule has 1 aromatic rings. The van der Waals surface area contributed by atoms with Crippen LogP contribution in [0.4, 0.5) is 0 Å². The van der Waals surface area contributed by atoms with Crippen molar-refractivity contribution in [2.75, 3.05) is 6.61 Å². The first kappa shape index (κ1) is 16.0.